The molecule has 4 aromatic rings. The van der Waals surface area contributed by atoms with Crippen molar-refractivity contribution in [1.29, 1.82) is 5.26 Å². The molecule has 2 aromatic carbocycles. The van der Waals surface area contributed by atoms with E-state index in [1.807, 2.05) is 18.2 Å². The number of nitrogens with zero attached hydrogens (tertiary/aromatic N) is 5. The average molecular weight is 517 g/mol. The van der Waals surface area contributed by atoms with Gasteiger partial charge in [-0.2, -0.15) is 14.7 Å². The molecule has 0 amide bonds. The predicted molar refractivity (Wildman–Crippen MR) is 126 cm³/mol. The van der Waals surface area contributed by atoms with E-state index < -0.39 is 10.0 Å². The Balaban J connectivity index is 1.59. The maximum Gasteiger partial charge on any atom is 0.263 e. The molecular weight excluding hydrogens is 500 g/mol. The van der Waals surface area contributed by atoms with E-state index in [4.69, 9.17) is 16.3 Å². The van der Waals surface area contributed by atoms with Gasteiger partial charge in [-0.25, -0.2) is 18.1 Å². The maximum absolute atomic E-state index is 12.6. The van der Waals surface area contributed by atoms with Crippen molar-refractivity contribution in [1.82, 2.24) is 19.1 Å². The van der Waals surface area contributed by atoms with Gasteiger partial charge in [-0.15, -0.1) is 0 Å². The lowest BCUT2D eigenvalue weighted by Crippen LogP contribution is -2.13. The number of aliphatic hydroxyl groups is 1. The van der Waals surface area contributed by atoms with Crippen LogP contribution in [-0.2, 0) is 23.0 Å². The maximum atomic E-state index is 12.6. The number of halogens is 1. The van der Waals surface area contributed by atoms with E-state index in [9.17, 15) is 18.8 Å². The summed E-state index contributed by atoms with van der Waals surface area (Å²) >= 11 is 6.83. The zero-order chi connectivity index (χ0) is 24.1. The van der Waals surface area contributed by atoms with Crippen molar-refractivity contribution < 1.29 is 18.3 Å². The van der Waals surface area contributed by atoms with E-state index in [1.165, 1.54) is 29.2 Å². The molecule has 13 heteroatoms. The van der Waals surface area contributed by atoms with Gasteiger partial charge in [-0.3, -0.25) is 4.72 Å². The van der Waals surface area contributed by atoms with Gasteiger partial charge in [0, 0.05) is 29.0 Å². The van der Waals surface area contributed by atoms with Gasteiger partial charge in [-0.1, -0.05) is 23.7 Å². The van der Waals surface area contributed by atoms with Gasteiger partial charge >= 0.3 is 0 Å². The van der Waals surface area contributed by atoms with Crippen molar-refractivity contribution in [3.8, 4) is 17.7 Å². The average Bonchev–Trinajstić information content (AvgIpc) is 3.45. The molecule has 0 bridgehead atoms. The second-order valence-electron chi connectivity index (χ2n) is 6.95. The molecule has 0 fully saturated rings. The first-order valence-corrected chi connectivity index (χ1v) is 12.4. The van der Waals surface area contributed by atoms with Crippen LogP contribution in [-0.4, -0.2) is 39.3 Å². The Kier molecular flexibility index (Phi) is 7.09. The van der Waals surface area contributed by atoms with Crippen LogP contribution < -0.4 is 9.46 Å². The van der Waals surface area contributed by atoms with Crippen LogP contribution >= 0.6 is 23.1 Å². The fourth-order valence-electron chi connectivity index (χ4n) is 3.04. The smallest absolute Gasteiger partial charge is 0.263 e. The molecule has 0 spiro atoms. The van der Waals surface area contributed by atoms with Crippen molar-refractivity contribution in [2.24, 2.45) is 0 Å². The van der Waals surface area contributed by atoms with Crippen LogP contribution in [0.1, 0.15) is 16.8 Å². The zero-order valence-corrected chi connectivity index (χ0v) is 19.8. The Morgan fingerprint density at radius 1 is 1.21 bits per heavy atom. The Labute approximate surface area is 204 Å². The fraction of sp³-hybridized carbons (Fsp3) is 0.143. The van der Waals surface area contributed by atoms with Crippen LogP contribution in [0.5, 0.6) is 11.6 Å². The van der Waals surface area contributed by atoms with E-state index in [1.54, 1.807) is 18.2 Å². The van der Waals surface area contributed by atoms with Gasteiger partial charge in [0.2, 0.25) is 11.0 Å². The highest BCUT2D eigenvalue weighted by Gasteiger charge is 2.19. The molecule has 174 valence electrons. The summed E-state index contributed by atoms with van der Waals surface area (Å²) in [6.45, 7) is 0.00800. The van der Waals surface area contributed by atoms with Gasteiger partial charge in [-0.05, 0) is 35.9 Å². The molecule has 34 heavy (non-hydrogen) atoms. The van der Waals surface area contributed by atoms with Crippen molar-refractivity contribution >= 4 is 38.3 Å². The third kappa shape index (κ3) is 5.52. The molecule has 2 N–H and O–H groups in total. The molecule has 4 rings (SSSR count). The zero-order valence-electron chi connectivity index (χ0n) is 17.4. The van der Waals surface area contributed by atoms with Gasteiger partial charge in [0.1, 0.15) is 18.1 Å². The largest absolute Gasteiger partial charge is 0.438 e. The topological polar surface area (TPSA) is 143 Å². The highest BCUT2D eigenvalue weighted by Crippen LogP contribution is 2.29. The summed E-state index contributed by atoms with van der Waals surface area (Å²) in [4.78, 5) is 3.67. The number of benzene rings is 2. The fourth-order valence-corrected chi connectivity index (χ4v) is 4.86. The summed E-state index contributed by atoms with van der Waals surface area (Å²) in [5.41, 5.74) is 1.68. The van der Waals surface area contributed by atoms with Gasteiger partial charge < -0.3 is 9.84 Å². The summed E-state index contributed by atoms with van der Waals surface area (Å²) in [5.74, 6) is 0.451. The van der Waals surface area contributed by atoms with Gasteiger partial charge in [0.05, 0.1) is 29.3 Å². The Morgan fingerprint density at radius 3 is 2.68 bits per heavy atom. The minimum Gasteiger partial charge on any atom is -0.438 e. The lowest BCUT2D eigenvalue weighted by Gasteiger charge is -2.11. The second-order valence-corrected chi connectivity index (χ2v) is 9.85. The van der Waals surface area contributed by atoms with Crippen molar-refractivity contribution in [3.63, 3.8) is 0 Å². The van der Waals surface area contributed by atoms with Crippen LogP contribution in [0.25, 0.3) is 0 Å². The summed E-state index contributed by atoms with van der Waals surface area (Å²) in [7, 11) is -3.96. The molecule has 0 atom stereocenters. The van der Waals surface area contributed by atoms with Gasteiger partial charge in [0.15, 0.2) is 0 Å². The number of hydrogen-bond donors (Lipinski definition) is 2. The quantitative estimate of drug-likeness (QED) is 0.344. The molecule has 0 saturated carbocycles. The predicted octanol–water partition coefficient (Wildman–Crippen LogP) is 3.44. The summed E-state index contributed by atoms with van der Waals surface area (Å²) in [5, 5.41) is 24.2. The van der Waals surface area contributed by atoms with Crippen LogP contribution in [0, 0.1) is 11.3 Å². The summed E-state index contributed by atoms with van der Waals surface area (Å²) < 4.78 is 38.6. The summed E-state index contributed by atoms with van der Waals surface area (Å²) in [6, 6.07) is 14.9. The SMILES string of the molecule is N#Cc1cc(S(=O)(=O)Nc2ncns2)ccc1Oc1cc(Cc2ccc(Cl)cc2)nn1CCO. The van der Waals surface area contributed by atoms with Crippen molar-refractivity contribution in [2.45, 2.75) is 17.9 Å². The Hall–Kier alpha value is -3.50. The van der Waals surface area contributed by atoms with Crippen molar-refractivity contribution in [2.75, 3.05) is 11.3 Å². The molecule has 0 aliphatic heterocycles. The highest BCUT2D eigenvalue weighted by atomic mass is 35.5. The number of rotatable bonds is 9. The number of sulfonamides is 1. The van der Waals surface area contributed by atoms with Gasteiger partial charge in [0.25, 0.3) is 10.0 Å². The second kappa shape index (κ2) is 10.2. The Bertz CT molecular complexity index is 1430. The number of ether oxygens (including phenoxy) is 1. The van der Waals surface area contributed by atoms with E-state index in [-0.39, 0.29) is 34.5 Å². The first-order chi connectivity index (χ1) is 16.4. The van der Waals surface area contributed by atoms with E-state index in [2.05, 4.69) is 19.2 Å². The minimum atomic E-state index is -3.96. The molecule has 0 radical (unpaired) electrons. The molecule has 0 unspecified atom stereocenters. The molecule has 0 saturated heterocycles. The number of anilines is 1. The third-order valence-electron chi connectivity index (χ3n) is 4.58. The number of hydrogen-bond acceptors (Lipinski definition) is 9. The minimum absolute atomic E-state index is 0.0103. The van der Waals surface area contributed by atoms with Crippen LogP contribution in [0.3, 0.4) is 0 Å². The van der Waals surface area contributed by atoms with E-state index in [0.717, 1.165) is 17.1 Å². The first-order valence-electron chi connectivity index (χ1n) is 9.81. The molecule has 0 aliphatic rings. The van der Waals surface area contributed by atoms with E-state index in [0.29, 0.717) is 23.0 Å². The number of aliphatic hydroxyl groups excluding tert-OH is 1. The molecule has 2 heterocycles. The number of nitriles is 1. The monoisotopic (exact) mass is 516 g/mol. The summed E-state index contributed by atoms with van der Waals surface area (Å²) in [6.07, 6.45) is 1.74. The molecule has 2 aromatic heterocycles. The standard InChI is InChI=1S/C21H17ClN6O4S2/c22-16-3-1-14(2-4-16)9-17-11-20(28(26-17)7-8-29)32-19-6-5-18(10-15(19)12-23)34(30,31)27-21-24-13-25-33-21/h1-6,10-11,13,29H,7-9H2,(H,24,25,27). The lowest BCUT2D eigenvalue weighted by molar-refractivity contribution is 0.260. The van der Waals surface area contributed by atoms with Crippen LogP contribution in [0.4, 0.5) is 5.13 Å². The van der Waals surface area contributed by atoms with Crippen LogP contribution in [0.15, 0.2) is 59.8 Å². The first kappa shape index (κ1) is 23.7. The lowest BCUT2D eigenvalue weighted by atomic mass is 10.1. The van der Waals surface area contributed by atoms with Crippen LogP contribution in [0.2, 0.25) is 5.02 Å². The molecule has 0 aliphatic carbocycles. The van der Waals surface area contributed by atoms with Crippen molar-refractivity contribution in [3.05, 3.63) is 76.7 Å². The Morgan fingerprint density at radius 2 is 2.00 bits per heavy atom. The third-order valence-corrected chi connectivity index (χ3v) is 6.88. The molecular formula is C21H17ClN6O4S2. The molecule has 10 nitrogen and oxygen atoms in total. The number of aromatic nitrogens is 4. The highest BCUT2D eigenvalue weighted by molar-refractivity contribution is 7.93. The van der Waals surface area contributed by atoms with E-state index >= 15 is 0 Å². The number of nitrogens with one attached hydrogen (secondary N) is 1. The normalized spacial score (nSPS) is 11.2.